The molecule has 0 unspecified atom stereocenters. The predicted octanol–water partition coefficient (Wildman–Crippen LogP) is 4.31. The second kappa shape index (κ2) is 7.45. The standard InChI is InChI=1S/C22H20FN3O2S/c1-15-9-11-26(12-10-15)20-18-7-2-3-8-19(18)25-22(23)21(20)29(27,28)17-6-4-5-16(13-17)14-24/h2-8,13,15H,9-12H2,1H3. The fraction of sp³-hybridized carbons (Fsp3) is 0.273. The van der Waals surface area contributed by atoms with Gasteiger partial charge in [-0.3, -0.25) is 0 Å². The van der Waals surface area contributed by atoms with E-state index in [1.807, 2.05) is 11.0 Å². The average Bonchev–Trinajstić information content (AvgIpc) is 2.73. The number of aromatic nitrogens is 1. The summed E-state index contributed by atoms with van der Waals surface area (Å²) in [7, 11) is -4.22. The van der Waals surface area contributed by atoms with Crippen molar-refractivity contribution in [1.82, 2.24) is 4.98 Å². The van der Waals surface area contributed by atoms with Crippen LogP contribution in [-0.2, 0) is 9.84 Å². The molecule has 1 aromatic heterocycles. The molecular weight excluding hydrogens is 389 g/mol. The van der Waals surface area contributed by atoms with Gasteiger partial charge in [0.15, 0.2) is 4.90 Å². The molecule has 5 nitrogen and oxygen atoms in total. The molecule has 4 rings (SSSR count). The van der Waals surface area contributed by atoms with Gasteiger partial charge in [-0.25, -0.2) is 13.4 Å². The summed E-state index contributed by atoms with van der Waals surface area (Å²) in [6.07, 6.45) is 1.81. The van der Waals surface area contributed by atoms with E-state index in [1.54, 1.807) is 24.3 Å². The maximum absolute atomic E-state index is 15.2. The summed E-state index contributed by atoms with van der Waals surface area (Å²) in [5.41, 5.74) is 0.985. The van der Waals surface area contributed by atoms with Crippen molar-refractivity contribution in [2.24, 2.45) is 5.92 Å². The monoisotopic (exact) mass is 409 g/mol. The van der Waals surface area contributed by atoms with Crippen LogP contribution in [-0.4, -0.2) is 26.5 Å². The van der Waals surface area contributed by atoms with Gasteiger partial charge >= 0.3 is 0 Å². The maximum Gasteiger partial charge on any atom is 0.234 e. The second-order valence-corrected chi connectivity index (χ2v) is 9.30. The number of pyridine rings is 1. The molecule has 0 bridgehead atoms. The molecule has 0 radical (unpaired) electrons. The number of hydrogen-bond donors (Lipinski definition) is 0. The predicted molar refractivity (Wildman–Crippen MR) is 109 cm³/mol. The largest absolute Gasteiger partial charge is 0.370 e. The van der Waals surface area contributed by atoms with Crippen molar-refractivity contribution in [2.75, 3.05) is 18.0 Å². The van der Waals surface area contributed by atoms with Crippen LogP contribution in [0.4, 0.5) is 10.1 Å². The molecule has 148 valence electrons. The Hall–Kier alpha value is -2.98. The van der Waals surface area contributed by atoms with E-state index in [2.05, 4.69) is 11.9 Å². The molecule has 0 atom stereocenters. The van der Waals surface area contributed by atoms with Crippen molar-refractivity contribution in [3.05, 3.63) is 60.0 Å². The van der Waals surface area contributed by atoms with Gasteiger partial charge in [0.05, 0.1) is 27.7 Å². The Morgan fingerprint density at radius 2 is 1.86 bits per heavy atom. The van der Waals surface area contributed by atoms with Gasteiger partial charge < -0.3 is 4.90 Å². The minimum absolute atomic E-state index is 0.112. The first-order valence-corrected chi connectivity index (χ1v) is 11.0. The van der Waals surface area contributed by atoms with E-state index >= 15 is 4.39 Å². The Balaban J connectivity index is 1.99. The zero-order valence-electron chi connectivity index (χ0n) is 16.0. The number of nitrogens with zero attached hydrogens (tertiary/aromatic N) is 3. The van der Waals surface area contributed by atoms with Gasteiger partial charge in [0.1, 0.15) is 0 Å². The quantitative estimate of drug-likeness (QED) is 0.603. The van der Waals surface area contributed by atoms with Crippen molar-refractivity contribution in [3.8, 4) is 6.07 Å². The van der Waals surface area contributed by atoms with Crippen LogP contribution in [0.25, 0.3) is 10.9 Å². The van der Waals surface area contributed by atoms with Crippen LogP contribution in [0.5, 0.6) is 0 Å². The number of halogens is 1. The normalized spacial score (nSPS) is 15.4. The topological polar surface area (TPSA) is 74.1 Å². The average molecular weight is 409 g/mol. The first-order chi connectivity index (χ1) is 13.9. The van der Waals surface area contributed by atoms with Gasteiger partial charge in [-0.15, -0.1) is 0 Å². The van der Waals surface area contributed by atoms with E-state index in [4.69, 9.17) is 5.26 Å². The van der Waals surface area contributed by atoms with E-state index in [1.165, 1.54) is 24.3 Å². The highest BCUT2D eigenvalue weighted by molar-refractivity contribution is 7.91. The summed E-state index contributed by atoms with van der Waals surface area (Å²) in [6.45, 7) is 3.46. The van der Waals surface area contributed by atoms with Crippen LogP contribution in [0, 0.1) is 23.2 Å². The minimum Gasteiger partial charge on any atom is -0.370 e. The molecule has 1 aliphatic rings. The fourth-order valence-corrected chi connectivity index (χ4v) is 5.32. The number of benzene rings is 2. The summed E-state index contributed by atoms with van der Waals surface area (Å²) < 4.78 is 42.1. The lowest BCUT2D eigenvalue weighted by atomic mass is 9.98. The fourth-order valence-electron chi connectivity index (χ4n) is 3.78. The van der Waals surface area contributed by atoms with Crippen LogP contribution in [0.1, 0.15) is 25.3 Å². The number of piperidine rings is 1. The zero-order valence-corrected chi connectivity index (χ0v) is 16.8. The van der Waals surface area contributed by atoms with Crippen molar-refractivity contribution < 1.29 is 12.8 Å². The molecule has 0 N–H and O–H groups in total. The van der Waals surface area contributed by atoms with Crippen LogP contribution in [0.2, 0.25) is 0 Å². The third kappa shape index (κ3) is 3.45. The van der Waals surface area contributed by atoms with E-state index in [0.29, 0.717) is 35.6 Å². The molecule has 0 aliphatic carbocycles. The van der Waals surface area contributed by atoms with Crippen LogP contribution < -0.4 is 4.90 Å². The molecule has 2 heterocycles. The van der Waals surface area contributed by atoms with E-state index < -0.39 is 20.7 Å². The Labute approximate surface area is 169 Å². The summed E-state index contributed by atoms with van der Waals surface area (Å²) in [5.74, 6) is -0.476. The number of anilines is 1. The highest BCUT2D eigenvalue weighted by atomic mass is 32.2. The van der Waals surface area contributed by atoms with Gasteiger partial charge in [-0.1, -0.05) is 31.2 Å². The summed E-state index contributed by atoms with van der Waals surface area (Å²) in [4.78, 5) is 5.37. The minimum atomic E-state index is -4.22. The lowest BCUT2D eigenvalue weighted by molar-refractivity contribution is 0.436. The first kappa shape index (κ1) is 19.3. The molecule has 1 aliphatic heterocycles. The highest BCUT2D eigenvalue weighted by Gasteiger charge is 2.32. The molecular formula is C22H20FN3O2S. The molecule has 0 amide bonds. The number of fused-ring (bicyclic) bond motifs is 1. The van der Waals surface area contributed by atoms with Crippen LogP contribution in [0.3, 0.4) is 0 Å². The van der Waals surface area contributed by atoms with Gasteiger partial charge in [0, 0.05) is 18.5 Å². The molecule has 1 saturated heterocycles. The van der Waals surface area contributed by atoms with Crippen LogP contribution in [0.15, 0.2) is 58.3 Å². The number of para-hydroxylation sites is 1. The first-order valence-electron chi connectivity index (χ1n) is 9.50. The number of hydrogen-bond acceptors (Lipinski definition) is 5. The summed E-state index contributed by atoms with van der Waals surface area (Å²) in [5, 5.41) is 9.75. The molecule has 29 heavy (non-hydrogen) atoms. The second-order valence-electron chi connectivity index (χ2n) is 7.41. The molecule has 0 saturated carbocycles. The Morgan fingerprint density at radius 1 is 1.14 bits per heavy atom. The van der Waals surface area contributed by atoms with E-state index in [-0.39, 0.29) is 10.5 Å². The molecule has 0 spiro atoms. The third-order valence-corrected chi connectivity index (χ3v) is 7.20. The van der Waals surface area contributed by atoms with Gasteiger partial charge in [-0.2, -0.15) is 9.65 Å². The third-order valence-electron chi connectivity index (χ3n) is 5.42. The number of rotatable bonds is 3. The Kier molecular flexibility index (Phi) is 4.97. The van der Waals surface area contributed by atoms with Gasteiger partial charge in [0.25, 0.3) is 0 Å². The molecule has 7 heteroatoms. The number of sulfone groups is 1. The van der Waals surface area contributed by atoms with E-state index in [0.717, 1.165) is 12.8 Å². The number of nitriles is 1. The molecule has 1 fully saturated rings. The van der Waals surface area contributed by atoms with Crippen molar-refractivity contribution in [1.29, 1.82) is 5.26 Å². The van der Waals surface area contributed by atoms with Gasteiger partial charge in [-0.05, 0) is 43.0 Å². The Bertz CT molecular complexity index is 1230. The smallest absolute Gasteiger partial charge is 0.234 e. The molecule has 3 aromatic rings. The van der Waals surface area contributed by atoms with Gasteiger partial charge in [0.2, 0.25) is 15.8 Å². The molecule has 2 aromatic carbocycles. The lowest BCUT2D eigenvalue weighted by Crippen LogP contribution is -2.34. The highest BCUT2D eigenvalue weighted by Crippen LogP contribution is 2.39. The SMILES string of the molecule is CC1CCN(c2c(S(=O)(=O)c3cccc(C#N)c3)c(F)nc3ccccc23)CC1. The maximum atomic E-state index is 15.2. The van der Waals surface area contributed by atoms with Crippen LogP contribution >= 0.6 is 0 Å². The lowest BCUT2D eigenvalue weighted by Gasteiger charge is -2.34. The van der Waals surface area contributed by atoms with Crippen molar-refractivity contribution >= 4 is 26.4 Å². The summed E-state index contributed by atoms with van der Waals surface area (Å²) >= 11 is 0. The zero-order chi connectivity index (χ0) is 20.6. The van der Waals surface area contributed by atoms with Crippen molar-refractivity contribution in [2.45, 2.75) is 29.6 Å². The van der Waals surface area contributed by atoms with E-state index in [9.17, 15) is 8.42 Å². The van der Waals surface area contributed by atoms with Crippen molar-refractivity contribution in [3.63, 3.8) is 0 Å². The Morgan fingerprint density at radius 3 is 2.59 bits per heavy atom. The summed E-state index contributed by atoms with van der Waals surface area (Å²) in [6, 6.07) is 14.6.